The van der Waals surface area contributed by atoms with Gasteiger partial charge >= 0.3 is 11.9 Å². The van der Waals surface area contributed by atoms with E-state index < -0.39 is 11.9 Å². The third kappa shape index (κ3) is 7.37. The lowest BCUT2D eigenvalue weighted by Crippen LogP contribution is -2.09. The summed E-state index contributed by atoms with van der Waals surface area (Å²) in [5, 5.41) is 0. The molecular weight excluding hydrogens is 210 g/mol. The lowest BCUT2D eigenvalue weighted by Gasteiger charge is -1.95. The zero-order valence-electron chi connectivity index (χ0n) is 9.30. The number of carbonyl (C=O) groups excluding carboxylic acids is 2. The van der Waals surface area contributed by atoms with E-state index in [1.165, 1.54) is 14.2 Å². The number of methoxy groups -OCH3 is 2. The molecule has 1 rings (SSSR count). The van der Waals surface area contributed by atoms with Gasteiger partial charge in [-0.15, -0.1) is 0 Å². The number of para-hydroxylation sites is 1. The van der Waals surface area contributed by atoms with Crippen molar-refractivity contribution in [1.29, 1.82) is 0 Å². The first-order chi connectivity index (χ1) is 7.60. The van der Waals surface area contributed by atoms with Gasteiger partial charge in [0.15, 0.2) is 0 Å². The van der Waals surface area contributed by atoms with Crippen LogP contribution in [-0.4, -0.2) is 26.2 Å². The maximum atomic E-state index is 10.3. The zero-order valence-corrected chi connectivity index (χ0v) is 9.30. The highest BCUT2D eigenvalue weighted by molar-refractivity contribution is 5.90. The Morgan fingerprint density at radius 3 is 1.75 bits per heavy atom. The summed E-state index contributed by atoms with van der Waals surface area (Å²) in [5.41, 5.74) is 6.18. The van der Waals surface area contributed by atoms with Gasteiger partial charge in [0.2, 0.25) is 0 Å². The van der Waals surface area contributed by atoms with Crippen molar-refractivity contribution in [2.75, 3.05) is 20.0 Å². The predicted molar refractivity (Wildman–Crippen MR) is 59.5 cm³/mol. The molecule has 5 heteroatoms. The highest BCUT2D eigenvalue weighted by atomic mass is 16.5. The molecule has 0 radical (unpaired) electrons. The summed E-state index contributed by atoms with van der Waals surface area (Å²) in [5.74, 6) is -1.16. The van der Waals surface area contributed by atoms with Gasteiger partial charge in [0.1, 0.15) is 6.42 Å². The molecule has 0 atom stereocenters. The number of nitrogens with two attached hydrogens (primary N) is 1. The minimum absolute atomic E-state index is 0.312. The minimum Gasteiger partial charge on any atom is -0.469 e. The van der Waals surface area contributed by atoms with Gasteiger partial charge in [-0.3, -0.25) is 9.59 Å². The van der Waals surface area contributed by atoms with E-state index in [4.69, 9.17) is 5.73 Å². The van der Waals surface area contributed by atoms with Crippen LogP contribution in [0.2, 0.25) is 0 Å². The van der Waals surface area contributed by atoms with Crippen molar-refractivity contribution in [3.8, 4) is 0 Å². The second-order valence-electron chi connectivity index (χ2n) is 2.74. The number of hydrogen-bond acceptors (Lipinski definition) is 5. The normalized spacial score (nSPS) is 8.38. The third-order valence-corrected chi connectivity index (χ3v) is 1.54. The molecule has 0 aliphatic rings. The summed E-state index contributed by atoms with van der Waals surface area (Å²) in [7, 11) is 2.43. The second-order valence-corrected chi connectivity index (χ2v) is 2.74. The Labute approximate surface area is 94.2 Å². The van der Waals surface area contributed by atoms with Gasteiger partial charge < -0.3 is 15.2 Å². The second kappa shape index (κ2) is 8.28. The average molecular weight is 225 g/mol. The molecule has 5 nitrogen and oxygen atoms in total. The molecule has 0 saturated heterocycles. The molecule has 0 spiro atoms. The van der Waals surface area contributed by atoms with Gasteiger partial charge in [-0.25, -0.2) is 0 Å². The van der Waals surface area contributed by atoms with Gasteiger partial charge in [0.25, 0.3) is 0 Å². The predicted octanol–water partition coefficient (Wildman–Crippen LogP) is 0.991. The number of anilines is 1. The summed E-state index contributed by atoms with van der Waals surface area (Å²) in [6.45, 7) is 0. The van der Waals surface area contributed by atoms with E-state index >= 15 is 0 Å². The number of nitrogen functional groups attached to an aromatic ring is 1. The lowest BCUT2D eigenvalue weighted by molar-refractivity contribution is -0.151. The topological polar surface area (TPSA) is 78.6 Å². The largest absolute Gasteiger partial charge is 0.469 e. The van der Waals surface area contributed by atoms with Crippen LogP contribution >= 0.6 is 0 Å². The molecule has 0 unspecified atom stereocenters. The Balaban J connectivity index is 0.000000288. The maximum Gasteiger partial charge on any atom is 0.316 e. The smallest absolute Gasteiger partial charge is 0.316 e. The van der Waals surface area contributed by atoms with Crippen LogP contribution in [0, 0.1) is 0 Å². The van der Waals surface area contributed by atoms with Crippen molar-refractivity contribution in [1.82, 2.24) is 0 Å². The molecule has 0 aliphatic carbocycles. The Bertz CT molecular complexity index is 310. The molecule has 0 aliphatic heterocycles. The Morgan fingerprint density at radius 2 is 1.50 bits per heavy atom. The van der Waals surface area contributed by atoms with Gasteiger partial charge in [-0.05, 0) is 12.1 Å². The fraction of sp³-hybridized carbons (Fsp3) is 0.273. The van der Waals surface area contributed by atoms with E-state index in [0.717, 1.165) is 5.69 Å². The molecule has 0 fully saturated rings. The van der Waals surface area contributed by atoms with E-state index in [0.29, 0.717) is 0 Å². The van der Waals surface area contributed by atoms with Crippen LogP contribution < -0.4 is 5.73 Å². The van der Waals surface area contributed by atoms with Crippen molar-refractivity contribution in [3.05, 3.63) is 30.3 Å². The van der Waals surface area contributed by atoms with Gasteiger partial charge in [0.05, 0.1) is 14.2 Å². The lowest BCUT2D eigenvalue weighted by atomic mass is 10.3. The maximum absolute atomic E-state index is 10.3. The summed E-state index contributed by atoms with van der Waals surface area (Å²) in [6.07, 6.45) is -0.312. The molecule has 0 amide bonds. The van der Waals surface area contributed by atoms with E-state index in [9.17, 15) is 9.59 Å². The molecular formula is C11H15NO4. The highest BCUT2D eigenvalue weighted by Gasteiger charge is 2.07. The van der Waals surface area contributed by atoms with Crippen LogP contribution in [0.25, 0.3) is 0 Å². The summed E-state index contributed by atoms with van der Waals surface area (Å²) < 4.78 is 8.37. The first-order valence-corrected chi connectivity index (χ1v) is 4.54. The van der Waals surface area contributed by atoms with Crippen molar-refractivity contribution >= 4 is 17.6 Å². The molecule has 0 bridgehead atoms. The number of rotatable bonds is 2. The molecule has 88 valence electrons. The minimum atomic E-state index is -0.582. The van der Waals surface area contributed by atoms with Gasteiger partial charge in [0, 0.05) is 5.69 Å². The van der Waals surface area contributed by atoms with E-state index in [1.54, 1.807) is 0 Å². The molecule has 0 heterocycles. The number of carbonyl (C=O) groups is 2. The third-order valence-electron chi connectivity index (χ3n) is 1.54. The highest BCUT2D eigenvalue weighted by Crippen LogP contribution is 1.95. The van der Waals surface area contributed by atoms with Crippen LogP contribution in [0.4, 0.5) is 5.69 Å². The summed E-state index contributed by atoms with van der Waals surface area (Å²) in [6, 6.07) is 9.49. The first-order valence-electron chi connectivity index (χ1n) is 4.54. The standard InChI is InChI=1S/C6H7N.C5H8O4/c7-6-4-2-1-3-5-6;1-8-4(6)3-5(7)9-2/h1-5H,7H2;3H2,1-2H3. The molecule has 16 heavy (non-hydrogen) atoms. The summed E-state index contributed by atoms with van der Waals surface area (Å²) >= 11 is 0. The Kier molecular flexibility index (Phi) is 7.23. The first kappa shape index (κ1) is 14.0. The van der Waals surface area contributed by atoms with Gasteiger partial charge in [-0.2, -0.15) is 0 Å². The number of benzene rings is 1. The Hall–Kier alpha value is -2.04. The van der Waals surface area contributed by atoms with Crippen LogP contribution in [-0.2, 0) is 19.1 Å². The van der Waals surface area contributed by atoms with Crippen molar-refractivity contribution < 1.29 is 19.1 Å². The van der Waals surface area contributed by atoms with Gasteiger partial charge in [-0.1, -0.05) is 18.2 Å². The van der Waals surface area contributed by atoms with Crippen LogP contribution in [0.3, 0.4) is 0 Å². The molecule has 1 aromatic carbocycles. The van der Waals surface area contributed by atoms with E-state index in [2.05, 4.69) is 9.47 Å². The number of hydrogen-bond donors (Lipinski definition) is 1. The number of ether oxygens (including phenoxy) is 2. The molecule has 0 saturated carbocycles. The molecule has 0 aromatic heterocycles. The quantitative estimate of drug-likeness (QED) is 0.461. The average Bonchev–Trinajstić information content (AvgIpc) is 2.30. The van der Waals surface area contributed by atoms with Crippen LogP contribution in [0.1, 0.15) is 6.42 Å². The van der Waals surface area contributed by atoms with Crippen molar-refractivity contribution in [2.24, 2.45) is 0 Å². The monoisotopic (exact) mass is 225 g/mol. The zero-order chi connectivity index (χ0) is 12.4. The fourth-order valence-electron chi connectivity index (χ4n) is 0.715. The summed E-state index contributed by atoms with van der Waals surface area (Å²) in [4.78, 5) is 20.5. The molecule has 1 aromatic rings. The number of esters is 2. The van der Waals surface area contributed by atoms with Crippen molar-refractivity contribution in [2.45, 2.75) is 6.42 Å². The Morgan fingerprint density at radius 1 is 1.06 bits per heavy atom. The van der Waals surface area contributed by atoms with Crippen molar-refractivity contribution in [3.63, 3.8) is 0 Å². The van der Waals surface area contributed by atoms with E-state index in [1.807, 2.05) is 30.3 Å². The fourth-order valence-corrected chi connectivity index (χ4v) is 0.715. The van der Waals surface area contributed by atoms with Crippen LogP contribution in [0.5, 0.6) is 0 Å². The molecule has 2 N–H and O–H groups in total. The SMILES string of the molecule is COC(=O)CC(=O)OC.Nc1ccccc1. The van der Waals surface area contributed by atoms with Crippen LogP contribution in [0.15, 0.2) is 30.3 Å². The van der Waals surface area contributed by atoms with E-state index in [-0.39, 0.29) is 6.42 Å².